The Bertz CT molecular complexity index is 769. The molecule has 1 amide bonds. The Labute approximate surface area is 212 Å². The van der Waals surface area contributed by atoms with Gasteiger partial charge in [0.05, 0.1) is 57.6 Å². The quantitative estimate of drug-likeness (QED) is 0.161. The van der Waals surface area contributed by atoms with Gasteiger partial charge in [-0.15, -0.1) is 0 Å². The Morgan fingerprint density at radius 1 is 0.917 bits per heavy atom. The topological polar surface area (TPSA) is 147 Å². The highest BCUT2D eigenvalue weighted by Gasteiger charge is 2.27. The number of rotatable bonds is 19. The van der Waals surface area contributed by atoms with Gasteiger partial charge in [-0.2, -0.15) is 5.06 Å². The number of carbonyl (C=O) groups is 3. The number of nitrogens with two attached hydrogens (primary N) is 1. The number of hydrogen-bond donors (Lipinski definition) is 2. The van der Waals surface area contributed by atoms with Gasteiger partial charge >= 0.3 is 12.1 Å². The van der Waals surface area contributed by atoms with E-state index in [1.165, 1.54) is 0 Å². The highest BCUT2D eigenvalue weighted by molar-refractivity contribution is 5.88. The molecule has 204 valence electrons. The molecule has 0 unspecified atom stereocenters. The molecule has 0 bridgehead atoms. The normalized spacial score (nSPS) is 12.2. The molecule has 1 atom stereocenters. The van der Waals surface area contributed by atoms with Gasteiger partial charge < -0.3 is 29.8 Å². The van der Waals surface area contributed by atoms with Gasteiger partial charge in [-0.3, -0.25) is 14.4 Å². The van der Waals surface area contributed by atoms with Crippen LogP contribution in [0.1, 0.15) is 45.6 Å². The van der Waals surface area contributed by atoms with E-state index in [0.29, 0.717) is 39.5 Å². The molecule has 1 aromatic rings. The van der Waals surface area contributed by atoms with Crippen LogP contribution in [0.4, 0.5) is 4.79 Å². The molecule has 0 spiro atoms. The summed E-state index contributed by atoms with van der Waals surface area (Å²) in [5.74, 6) is -0.710. The van der Waals surface area contributed by atoms with Crippen molar-refractivity contribution < 1.29 is 43.3 Å². The standard InChI is InChI=1S/C25H40N2O9/c1-25(2,3)27(24(30)31)36-17-16-34-15-14-33-13-12-32-11-7-10-22(28)21(26)18-23(29)35-19-20-8-5-4-6-9-20/h4-6,8-9,21H,7,10-19,26H2,1-3H3,(H,30,31)/t21-/m0/s1. The molecule has 11 heteroatoms. The van der Waals surface area contributed by atoms with E-state index >= 15 is 0 Å². The molecule has 1 aromatic carbocycles. The maximum atomic E-state index is 12.1. The molecular formula is C25H40N2O9. The average molecular weight is 513 g/mol. The minimum atomic E-state index is -1.16. The first kappa shape index (κ1) is 31.5. The summed E-state index contributed by atoms with van der Waals surface area (Å²) in [5, 5.41) is 10.0. The molecule has 0 aromatic heterocycles. The predicted octanol–water partition coefficient (Wildman–Crippen LogP) is 2.56. The number of esters is 1. The zero-order valence-corrected chi connectivity index (χ0v) is 21.5. The van der Waals surface area contributed by atoms with E-state index in [9.17, 15) is 14.4 Å². The van der Waals surface area contributed by atoms with E-state index in [4.69, 9.17) is 34.6 Å². The molecule has 1 rings (SSSR count). The van der Waals surface area contributed by atoms with Crippen molar-refractivity contribution >= 4 is 17.8 Å². The smallest absolute Gasteiger partial charge is 0.431 e. The first-order chi connectivity index (χ1) is 17.1. The molecule has 36 heavy (non-hydrogen) atoms. The van der Waals surface area contributed by atoms with Crippen molar-refractivity contribution in [3.05, 3.63) is 35.9 Å². The van der Waals surface area contributed by atoms with Gasteiger partial charge in [0.2, 0.25) is 0 Å². The van der Waals surface area contributed by atoms with E-state index < -0.39 is 23.6 Å². The largest absolute Gasteiger partial charge is 0.463 e. The lowest BCUT2D eigenvalue weighted by molar-refractivity contribution is -0.187. The Morgan fingerprint density at radius 2 is 1.47 bits per heavy atom. The monoisotopic (exact) mass is 512 g/mol. The van der Waals surface area contributed by atoms with Gasteiger partial charge in [-0.1, -0.05) is 30.3 Å². The summed E-state index contributed by atoms with van der Waals surface area (Å²) in [4.78, 5) is 40.3. The summed E-state index contributed by atoms with van der Waals surface area (Å²) in [6, 6.07) is 8.39. The molecule has 11 nitrogen and oxygen atoms in total. The average Bonchev–Trinajstić information content (AvgIpc) is 2.82. The van der Waals surface area contributed by atoms with Crippen molar-refractivity contribution in [2.75, 3.05) is 46.2 Å². The Hall–Kier alpha value is -2.57. The van der Waals surface area contributed by atoms with Crippen LogP contribution in [0.25, 0.3) is 0 Å². The highest BCUT2D eigenvalue weighted by atomic mass is 16.7. The van der Waals surface area contributed by atoms with Gasteiger partial charge in [0.25, 0.3) is 0 Å². The van der Waals surface area contributed by atoms with Crippen molar-refractivity contribution in [1.82, 2.24) is 5.06 Å². The summed E-state index contributed by atoms with van der Waals surface area (Å²) in [6.45, 7) is 7.52. The summed E-state index contributed by atoms with van der Waals surface area (Å²) < 4.78 is 21.3. The van der Waals surface area contributed by atoms with Crippen molar-refractivity contribution in [1.29, 1.82) is 0 Å². The molecule has 0 radical (unpaired) electrons. The van der Waals surface area contributed by atoms with Crippen LogP contribution in [-0.2, 0) is 40.0 Å². The van der Waals surface area contributed by atoms with Crippen LogP contribution >= 0.6 is 0 Å². The molecule has 0 fully saturated rings. The van der Waals surface area contributed by atoms with Crippen LogP contribution < -0.4 is 5.73 Å². The van der Waals surface area contributed by atoms with E-state index in [1.807, 2.05) is 30.3 Å². The van der Waals surface area contributed by atoms with Gasteiger partial charge in [0.15, 0.2) is 0 Å². The van der Waals surface area contributed by atoms with E-state index in [-0.39, 0.29) is 38.4 Å². The number of ketones is 1. The van der Waals surface area contributed by atoms with Crippen molar-refractivity contribution in [2.45, 2.75) is 58.2 Å². The first-order valence-corrected chi connectivity index (χ1v) is 12.0. The second kappa shape index (κ2) is 17.8. The molecule has 3 N–H and O–H groups in total. The Morgan fingerprint density at radius 3 is 2.03 bits per heavy atom. The van der Waals surface area contributed by atoms with Gasteiger partial charge in [-0.05, 0) is 32.8 Å². The van der Waals surface area contributed by atoms with Crippen LogP contribution in [0.5, 0.6) is 0 Å². The highest BCUT2D eigenvalue weighted by Crippen LogP contribution is 2.13. The summed E-state index contributed by atoms with van der Waals surface area (Å²) >= 11 is 0. The lowest BCUT2D eigenvalue weighted by atomic mass is 10.1. The third kappa shape index (κ3) is 14.7. The van der Waals surface area contributed by atoms with Gasteiger partial charge in [0, 0.05) is 13.0 Å². The maximum absolute atomic E-state index is 12.1. The van der Waals surface area contributed by atoms with Crippen LogP contribution in [-0.4, -0.2) is 85.8 Å². The Kier molecular flexibility index (Phi) is 15.6. The van der Waals surface area contributed by atoms with E-state index in [1.54, 1.807) is 20.8 Å². The molecule has 0 saturated heterocycles. The second-order valence-electron chi connectivity index (χ2n) is 8.94. The molecule has 0 saturated carbocycles. The number of hydrogen-bond acceptors (Lipinski definition) is 9. The fraction of sp³-hybridized carbons (Fsp3) is 0.640. The minimum absolute atomic E-state index is 0.115. The van der Waals surface area contributed by atoms with Crippen molar-refractivity contribution in [3.8, 4) is 0 Å². The van der Waals surface area contributed by atoms with Crippen LogP contribution in [0.3, 0.4) is 0 Å². The molecule has 0 aliphatic carbocycles. The number of carbonyl (C=O) groups excluding carboxylic acids is 2. The second-order valence-corrected chi connectivity index (χ2v) is 8.94. The summed E-state index contributed by atoms with van der Waals surface area (Å²) in [5.41, 5.74) is 6.02. The van der Waals surface area contributed by atoms with Gasteiger partial charge in [0.1, 0.15) is 12.4 Å². The van der Waals surface area contributed by atoms with E-state index in [2.05, 4.69) is 0 Å². The summed E-state index contributed by atoms with van der Waals surface area (Å²) in [6.07, 6.45) is -0.588. The Balaban J connectivity index is 1.95. The van der Waals surface area contributed by atoms with Crippen LogP contribution in [0.15, 0.2) is 30.3 Å². The summed E-state index contributed by atoms with van der Waals surface area (Å²) in [7, 11) is 0. The fourth-order valence-electron chi connectivity index (χ4n) is 2.89. The molecule has 0 aliphatic heterocycles. The number of Topliss-reactive ketones (excluding diaryl/α,β-unsaturated/α-hetero) is 1. The third-order valence-corrected chi connectivity index (χ3v) is 4.73. The number of amides is 1. The number of nitrogens with zero attached hydrogens (tertiary/aromatic N) is 1. The predicted molar refractivity (Wildman–Crippen MR) is 131 cm³/mol. The zero-order chi connectivity index (χ0) is 26.8. The number of hydroxylamine groups is 2. The number of ether oxygens (including phenoxy) is 4. The maximum Gasteiger partial charge on any atom is 0.431 e. The van der Waals surface area contributed by atoms with Crippen molar-refractivity contribution in [2.24, 2.45) is 5.73 Å². The molecule has 0 heterocycles. The van der Waals surface area contributed by atoms with Crippen LogP contribution in [0.2, 0.25) is 0 Å². The zero-order valence-electron chi connectivity index (χ0n) is 21.5. The third-order valence-electron chi connectivity index (χ3n) is 4.73. The minimum Gasteiger partial charge on any atom is -0.463 e. The molecule has 0 aliphatic rings. The van der Waals surface area contributed by atoms with Gasteiger partial charge in [-0.25, -0.2) is 4.79 Å². The fourth-order valence-corrected chi connectivity index (χ4v) is 2.89. The first-order valence-electron chi connectivity index (χ1n) is 12.0. The lowest BCUT2D eigenvalue weighted by Crippen LogP contribution is -2.45. The number of carboxylic acid groups (broad SMARTS) is 1. The van der Waals surface area contributed by atoms with Crippen LogP contribution in [0, 0.1) is 0 Å². The van der Waals surface area contributed by atoms with Crippen molar-refractivity contribution in [3.63, 3.8) is 0 Å². The molecular weight excluding hydrogens is 472 g/mol. The number of benzene rings is 1. The lowest BCUT2D eigenvalue weighted by Gasteiger charge is -2.31. The van der Waals surface area contributed by atoms with E-state index in [0.717, 1.165) is 10.6 Å². The SMILES string of the molecule is CC(C)(C)N(OCCOCCOCCOCCCC(=O)[C@@H](N)CC(=O)OCc1ccccc1)C(=O)O.